The van der Waals surface area contributed by atoms with Gasteiger partial charge in [-0.15, -0.1) is 0 Å². The van der Waals surface area contributed by atoms with Crippen molar-refractivity contribution < 1.29 is 18.0 Å². The molecule has 39 heavy (non-hydrogen) atoms. The van der Waals surface area contributed by atoms with E-state index in [9.17, 15) is 18.0 Å². The van der Waals surface area contributed by atoms with Crippen LogP contribution in [0.3, 0.4) is 0 Å². The smallest absolute Gasteiger partial charge is 0.256 e. The summed E-state index contributed by atoms with van der Waals surface area (Å²) in [6.45, 7) is 6.63. The van der Waals surface area contributed by atoms with Gasteiger partial charge in [0.1, 0.15) is 11.6 Å². The highest BCUT2D eigenvalue weighted by atomic mass is 32.2. The summed E-state index contributed by atoms with van der Waals surface area (Å²) < 4.78 is 26.4. The fourth-order valence-electron chi connectivity index (χ4n) is 5.49. The first-order valence-corrected chi connectivity index (χ1v) is 15.9. The fourth-order valence-corrected chi connectivity index (χ4v) is 7.60. The number of anilines is 3. The maximum atomic E-state index is 13.4. The van der Waals surface area contributed by atoms with E-state index < -0.39 is 9.84 Å². The average Bonchev–Trinajstić information content (AvgIpc) is 3.46. The molecule has 9 nitrogen and oxygen atoms in total. The van der Waals surface area contributed by atoms with Crippen molar-refractivity contribution in [1.82, 2.24) is 14.9 Å². The van der Waals surface area contributed by atoms with Gasteiger partial charge in [-0.2, -0.15) is 0 Å². The molecule has 3 aliphatic rings. The zero-order valence-corrected chi connectivity index (χ0v) is 23.9. The lowest BCUT2D eigenvalue weighted by molar-refractivity contribution is -0.117. The number of sulfone groups is 1. The van der Waals surface area contributed by atoms with E-state index >= 15 is 0 Å². The topological polar surface area (TPSA) is 113 Å². The van der Waals surface area contributed by atoms with Crippen molar-refractivity contribution in [1.29, 1.82) is 0 Å². The normalized spacial score (nSPS) is 18.1. The van der Waals surface area contributed by atoms with E-state index in [-0.39, 0.29) is 28.5 Å². The molecular formula is C28H31N5O4S2. The predicted molar refractivity (Wildman–Crippen MR) is 151 cm³/mol. The van der Waals surface area contributed by atoms with Crippen LogP contribution in [0.4, 0.5) is 16.8 Å². The number of rotatable bonds is 8. The second-order valence-corrected chi connectivity index (χ2v) is 13.8. The summed E-state index contributed by atoms with van der Waals surface area (Å²) in [5.41, 5.74) is 2.57. The molecule has 204 valence electrons. The minimum absolute atomic E-state index is 0.0741. The van der Waals surface area contributed by atoms with Crippen LogP contribution in [-0.4, -0.2) is 53.4 Å². The summed E-state index contributed by atoms with van der Waals surface area (Å²) in [6.07, 6.45) is 3.57. The van der Waals surface area contributed by atoms with Gasteiger partial charge >= 0.3 is 0 Å². The Hall–Kier alpha value is -3.31. The van der Waals surface area contributed by atoms with Gasteiger partial charge in [-0.25, -0.2) is 18.4 Å². The number of aromatic nitrogens is 2. The molecule has 0 radical (unpaired) electrons. The molecule has 11 heteroatoms. The van der Waals surface area contributed by atoms with Crippen molar-refractivity contribution in [2.24, 2.45) is 5.92 Å². The maximum Gasteiger partial charge on any atom is 0.256 e. The highest BCUT2D eigenvalue weighted by Crippen LogP contribution is 2.42. The lowest BCUT2D eigenvalue weighted by Crippen LogP contribution is -2.35. The molecule has 6 rings (SSSR count). The minimum atomic E-state index is -3.63. The van der Waals surface area contributed by atoms with E-state index in [1.807, 2.05) is 36.1 Å². The quantitative estimate of drug-likeness (QED) is 0.412. The van der Waals surface area contributed by atoms with Crippen LogP contribution in [0.1, 0.15) is 61.1 Å². The summed E-state index contributed by atoms with van der Waals surface area (Å²) in [6, 6.07) is 9.17. The van der Waals surface area contributed by atoms with E-state index in [0.29, 0.717) is 47.8 Å². The summed E-state index contributed by atoms with van der Waals surface area (Å²) in [5, 5.41) is 3.86. The largest absolute Gasteiger partial charge is 0.331 e. The number of hydrogen-bond acceptors (Lipinski definition) is 8. The van der Waals surface area contributed by atoms with Crippen molar-refractivity contribution in [3.05, 3.63) is 47.2 Å². The zero-order valence-electron chi connectivity index (χ0n) is 22.2. The Balaban J connectivity index is 1.34. The van der Waals surface area contributed by atoms with Gasteiger partial charge in [-0.3, -0.25) is 14.5 Å². The van der Waals surface area contributed by atoms with Crippen LogP contribution in [0.2, 0.25) is 0 Å². The van der Waals surface area contributed by atoms with Gasteiger partial charge in [0, 0.05) is 25.6 Å². The van der Waals surface area contributed by atoms with Crippen LogP contribution in [-0.2, 0) is 21.2 Å². The summed E-state index contributed by atoms with van der Waals surface area (Å²) >= 11 is 1.41. The van der Waals surface area contributed by atoms with Gasteiger partial charge in [0.05, 0.1) is 26.8 Å². The van der Waals surface area contributed by atoms with Gasteiger partial charge in [-0.05, 0) is 74.4 Å². The fraction of sp³-hybridized carbons (Fsp3) is 0.429. The van der Waals surface area contributed by atoms with Crippen LogP contribution in [0.25, 0.3) is 10.4 Å². The number of aryl methyl sites for hydroxylation is 1. The van der Waals surface area contributed by atoms with E-state index in [4.69, 9.17) is 0 Å². The lowest BCUT2D eigenvalue weighted by Gasteiger charge is -2.24. The van der Waals surface area contributed by atoms with Crippen molar-refractivity contribution >= 4 is 49.8 Å². The number of nitrogens with zero attached hydrogens (tertiary/aromatic N) is 4. The molecule has 1 atom stereocenters. The highest BCUT2D eigenvalue weighted by Gasteiger charge is 2.41. The number of hydrogen-bond donors (Lipinski definition) is 1. The number of pyridine rings is 1. The van der Waals surface area contributed by atoms with Crippen LogP contribution in [0.5, 0.6) is 0 Å². The molecule has 0 bridgehead atoms. The number of amides is 2. The molecule has 0 spiro atoms. The minimum Gasteiger partial charge on any atom is -0.331 e. The van der Waals surface area contributed by atoms with E-state index in [1.165, 1.54) is 11.3 Å². The monoisotopic (exact) mass is 565 g/mol. The Kier molecular flexibility index (Phi) is 6.46. The highest BCUT2D eigenvalue weighted by molar-refractivity contribution is 7.91. The molecular weight excluding hydrogens is 534 g/mol. The van der Waals surface area contributed by atoms with Crippen molar-refractivity contribution in [3.63, 3.8) is 0 Å². The Bertz CT molecular complexity index is 1600. The van der Waals surface area contributed by atoms with Crippen molar-refractivity contribution in [2.45, 2.75) is 63.9 Å². The van der Waals surface area contributed by atoms with Crippen molar-refractivity contribution in [3.8, 4) is 10.4 Å². The molecule has 1 aliphatic carbocycles. The van der Waals surface area contributed by atoms with Gasteiger partial charge in [0.2, 0.25) is 5.91 Å². The molecule has 2 amide bonds. The van der Waals surface area contributed by atoms with Crippen molar-refractivity contribution in [2.75, 3.05) is 22.5 Å². The molecule has 2 fully saturated rings. The number of nitrogens with one attached hydrogen (secondary N) is 1. The Morgan fingerprint density at radius 2 is 1.97 bits per heavy atom. The molecule has 0 unspecified atom stereocenters. The first-order chi connectivity index (χ1) is 18.7. The first-order valence-electron chi connectivity index (χ1n) is 13.4. The van der Waals surface area contributed by atoms with Crippen LogP contribution >= 0.6 is 11.3 Å². The maximum absolute atomic E-state index is 13.4. The van der Waals surface area contributed by atoms with E-state index in [2.05, 4.69) is 22.2 Å². The Morgan fingerprint density at radius 3 is 2.67 bits per heavy atom. The van der Waals surface area contributed by atoms with Crippen LogP contribution < -0.4 is 10.2 Å². The molecule has 1 N–H and O–H groups in total. The first kappa shape index (κ1) is 25.9. The standard InChI is InChI=1S/C28H31N5O4S2/c1-4-39(36,37)21-14-19(13-20-15-33(27(35)25(20)21)17(3)18-10-11-18)26-16(2)29-28(38-26)31-22-7-5-8-23(30-22)32-12-6-9-24(32)34/h5,7-8,13-14,17-18H,4,6,9-12,15H2,1-3H3,(H,29,30,31)/t17-/m0/s1. The third-order valence-corrected chi connectivity index (χ3v) is 10.8. The van der Waals surface area contributed by atoms with Crippen LogP contribution in [0.15, 0.2) is 35.2 Å². The number of fused-ring (bicyclic) bond motifs is 1. The lowest BCUT2D eigenvalue weighted by atomic mass is 10.0. The summed E-state index contributed by atoms with van der Waals surface area (Å²) in [5.74, 6) is 1.48. The van der Waals surface area contributed by atoms with E-state index in [1.54, 1.807) is 17.9 Å². The SMILES string of the molecule is CCS(=O)(=O)c1cc(-c2sc(Nc3cccc(N4CCCC4=O)n3)nc2C)cc2c1C(=O)N([C@@H](C)C1CC1)C2. The number of carbonyl (C=O) groups is 2. The van der Waals surface area contributed by atoms with Crippen LogP contribution in [0, 0.1) is 12.8 Å². The second-order valence-electron chi connectivity index (χ2n) is 10.5. The molecule has 3 aromatic rings. The van der Waals surface area contributed by atoms with Gasteiger partial charge < -0.3 is 10.2 Å². The third kappa shape index (κ3) is 4.71. The molecule has 2 aliphatic heterocycles. The number of thiazole rings is 1. The Labute approximate surface area is 232 Å². The summed E-state index contributed by atoms with van der Waals surface area (Å²) in [4.78, 5) is 39.3. The second kappa shape index (κ2) is 9.71. The Morgan fingerprint density at radius 1 is 1.18 bits per heavy atom. The third-order valence-electron chi connectivity index (χ3n) is 7.89. The molecule has 4 heterocycles. The molecule has 1 saturated heterocycles. The number of carbonyl (C=O) groups excluding carboxylic acids is 2. The molecule has 1 aromatic carbocycles. The predicted octanol–water partition coefficient (Wildman–Crippen LogP) is 4.93. The molecule has 2 aromatic heterocycles. The van der Waals surface area contributed by atoms with Gasteiger partial charge in [0.25, 0.3) is 5.91 Å². The van der Waals surface area contributed by atoms with E-state index in [0.717, 1.165) is 41.0 Å². The molecule has 1 saturated carbocycles. The van der Waals surface area contributed by atoms with Gasteiger partial charge in [-0.1, -0.05) is 24.3 Å². The summed E-state index contributed by atoms with van der Waals surface area (Å²) in [7, 11) is -3.63. The number of benzene rings is 1. The average molecular weight is 566 g/mol. The zero-order chi connectivity index (χ0) is 27.5. The van der Waals surface area contributed by atoms with Gasteiger partial charge in [0.15, 0.2) is 15.0 Å².